The number of nitrogens with two attached hydrogens (primary N) is 1. The molecule has 0 aromatic heterocycles. The number of likely N-dealkylation sites (N-methyl/N-ethyl adjacent to an activating group) is 1. The van der Waals surface area contributed by atoms with Gasteiger partial charge >= 0.3 is 0 Å². The van der Waals surface area contributed by atoms with Crippen LogP contribution in [0.1, 0.15) is 29.5 Å². The van der Waals surface area contributed by atoms with Crippen LogP contribution in [0.4, 0.5) is 0 Å². The van der Waals surface area contributed by atoms with Crippen LogP contribution in [0, 0.1) is 12.3 Å². The number of ether oxygens (including phenoxy) is 1. The first-order valence-electron chi connectivity index (χ1n) is 7.32. The summed E-state index contributed by atoms with van der Waals surface area (Å²) in [5, 5.41) is 18.0. The third-order valence-electron chi connectivity index (χ3n) is 4.08. The number of hydrogen-bond donors (Lipinski definition) is 3. The molecule has 1 heterocycles. The second-order valence-electron chi connectivity index (χ2n) is 6.06. The van der Waals surface area contributed by atoms with Crippen molar-refractivity contribution in [3.05, 3.63) is 34.9 Å². The highest BCUT2D eigenvalue weighted by molar-refractivity contribution is 5.95. The molecule has 0 radical (unpaired) electrons. The molecule has 5 nitrogen and oxygen atoms in total. The van der Waals surface area contributed by atoms with Crippen molar-refractivity contribution in [1.82, 2.24) is 4.90 Å². The second kappa shape index (κ2) is 6.56. The topological polar surface area (TPSA) is 82.6 Å². The largest absolute Gasteiger partial charge is 0.388 e. The van der Waals surface area contributed by atoms with Gasteiger partial charge in [-0.05, 0) is 31.2 Å². The number of hydrogen-bond acceptors (Lipinski definition) is 4. The van der Waals surface area contributed by atoms with Crippen LogP contribution in [0.3, 0.4) is 0 Å². The number of nitrogen functional groups attached to an aromatic ring is 1. The molecule has 4 N–H and O–H groups in total. The van der Waals surface area contributed by atoms with E-state index in [-0.39, 0.29) is 5.84 Å². The number of benzene rings is 1. The van der Waals surface area contributed by atoms with Crippen molar-refractivity contribution in [2.24, 2.45) is 5.73 Å². The van der Waals surface area contributed by atoms with Crippen molar-refractivity contribution in [2.75, 3.05) is 26.8 Å². The van der Waals surface area contributed by atoms with Crippen LogP contribution < -0.4 is 5.73 Å². The van der Waals surface area contributed by atoms with E-state index in [1.165, 1.54) is 5.56 Å². The molecule has 5 heteroatoms. The number of aryl methyl sites for hydroxylation is 1. The molecule has 0 saturated carbocycles. The van der Waals surface area contributed by atoms with Crippen LogP contribution in [-0.4, -0.2) is 48.2 Å². The van der Waals surface area contributed by atoms with Gasteiger partial charge in [-0.3, -0.25) is 10.3 Å². The fourth-order valence-corrected chi connectivity index (χ4v) is 2.80. The molecule has 2 rings (SSSR count). The maximum Gasteiger partial charge on any atom is 0.122 e. The summed E-state index contributed by atoms with van der Waals surface area (Å²) in [6.45, 7) is 4.71. The van der Waals surface area contributed by atoms with Gasteiger partial charge in [0.15, 0.2) is 0 Å². The van der Waals surface area contributed by atoms with Crippen molar-refractivity contribution >= 4 is 5.84 Å². The minimum absolute atomic E-state index is 0.0921. The van der Waals surface area contributed by atoms with E-state index < -0.39 is 5.60 Å². The zero-order valence-corrected chi connectivity index (χ0v) is 12.9. The Bertz CT molecular complexity index is 510. The van der Waals surface area contributed by atoms with Gasteiger partial charge in [0.05, 0.1) is 5.60 Å². The quantitative estimate of drug-likeness (QED) is 0.563. The Kier molecular flexibility index (Phi) is 4.98. The van der Waals surface area contributed by atoms with Crippen molar-refractivity contribution in [1.29, 1.82) is 5.41 Å². The lowest BCUT2D eigenvalue weighted by Crippen LogP contribution is -2.45. The van der Waals surface area contributed by atoms with Crippen molar-refractivity contribution < 1.29 is 9.84 Å². The molecule has 1 fully saturated rings. The second-order valence-corrected chi connectivity index (χ2v) is 6.06. The van der Waals surface area contributed by atoms with Crippen LogP contribution in [0.25, 0.3) is 0 Å². The number of amidine groups is 1. The zero-order valence-electron chi connectivity index (χ0n) is 12.9. The Morgan fingerprint density at radius 1 is 1.43 bits per heavy atom. The van der Waals surface area contributed by atoms with Crippen molar-refractivity contribution in [3.63, 3.8) is 0 Å². The molecule has 0 aliphatic carbocycles. The van der Waals surface area contributed by atoms with Gasteiger partial charge in [-0.1, -0.05) is 12.1 Å². The van der Waals surface area contributed by atoms with E-state index >= 15 is 0 Å². The molecule has 0 spiro atoms. The van der Waals surface area contributed by atoms with E-state index in [4.69, 9.17) is 15.9 Å². The van der Waals surface area contributed by atoms with Gasteiger partial charge in [-0.15, -0.1) is 0 Å². The Morgan fingerprint density at radius 3 is 2.67 bits per heavy atom. The predicted molar refractivity (Wildman–Crippen MR) is 83.5 cm³/mol. The van der Waals surface area contributed by atoms with Crippen LogP contribution in [0.15, 0.2) is 18.2 Å². The first kappa shape index (κ1) is 15.9. The maximum atomic E-state index is 10.5. The lowest BCUT2D eigenvalue weighted by molar-refractivity contribution is -0.0777. The molecular weight excluding hydrogens is 266 g/mol. The van der Waals surface area contributed by atoms with Gasteiger partial charge in [0.2, 0.25) is 0 Å². The first-order chi connectivity index (χ1) is 9.89. The summed E-state index contributed by atoms with van der Waals surface area (Å²) in [6, 6.07) is 5.83. The smallest absolute Gasteiger partial charge is 0.122 e. The normalized spacial score (nSPS) is 17.9. The number of aliphatic hydroxyl groups is 1. The minimum atomic E-state index is -0.639. The van der Waals surface area contributed by atoms with Gasteiger partial charge in [0.1, 0.15) is 5.84 Å². The predicted octanol–water partition coefficient (Wildman–Crippen LogP) is 1.25. The third kappa shape index (κ3) is 4.27. The molecule has 0 amide bonds. The molecular formula is C16H25N3O2. The summed E-state index contributed by atoms with van der Waals surface area (Å²) in [5.74, 6) is 0.0921. The third-order valence-corrected chi connectivity index (χ3v) is 4.08. The number of nitrogens with zero attached hydrogens (tertiary/aromatic N) is 1. The molecule has 0 unspecified atom stereocenters. The van der Waals surface area contributed by atoms with E-state index in [2.05, 4.69) is 4.90 Å². The van der Waals surface area contributed by atoms with E-state index in [1.54, 1.807) is 0 Å². The van der Waals surface area contributed by atoms with Crippen LogP contribution in [0.5, 0.6) is 0 Å². The molecule has 1 aromatic rings. The van der Waals surface area contributed by atoms with Gasteiger partial charge < -0.3 is 15.6 Å². The highest BCUT2D eigenvalue weighted by Crippen LogP contribution is 2.22. The van der Waals surface area contributed by atoms with Crippen LogP contribution in [0.2, 0.25) is 0 Å². The van der Waals surface area contributed by atoms with E-state index in [9.17, 15) is 5.11 Å². The average molecular weight is 291 g/mol. The van der Waals surface area contributed by atoms with Crippen LogP contribution >= 0.6 is 0 Å². The SMILES string of the molecule is Cc1cc(C(=N)N)ccc1CN(C)CC1(O)CCOCC1. The minimum Gasteiger partial charge on any atom is -0.388 e. The first-order valence-corrected chi connectivity index (χ1v) is 7.32. The molecule has 1 aliphatic heterocycles. The summed E-state index contributed by atoms with van der Waals surface area (Å²) in [5.41, 5.74) is 7.93. The molecule has 1 aromatic carbocycles. The number of rotatable bonds is 5. The highest BCUT2D eigenvalue weighted by atomic mass is 16.5. The fraction of sp³-hybridized carbons (Fsp3) is 0.562. The zero-order chi connectivity index (χ0) is 15.5. The molecule has 21 heavy (non-hydrogen) atoms. The van der Waals surface area contributed by atoms with Crippen molar-refractivity contribution in [2.45, 2.75) is 31.9 Å². The maximum absolute atomic E-state index is 10.5. The molecule has 116 valence electrons. The molecule has 0 bridgehead atoms. The molecule has 1 saturated heterocycles. The standard InChI is InChI=1S/C16H25N3O2/c1-12-9-13(15(17)18)3-4-14(12)10-19(2)11-16(20)5-7-21-8-6-16/h3-4,9,20H,5-8,10-11H2,1-2H3,(H3,17,18). The van der Waals surface area contributed by atoms with E-state index in [1.807, 2.05) is 32.2 Å². The van der Waals surface area contributed by atoms with Gasteiger partial charge in [0, 0.05) is 44.7 Å². The van der Waals surface area contributed by atoms with E-state index in [0.29, 0.717) is 32.6 Å². The summed E-state index contributed by atoms with van der Waals surface area (Å²) < 4.78 is 5.31. The van der Waals surface area contributed by atoms with E-state index in [0.717, 1.165) is 17.7 Å². The average Bonchev–Trinajstić information content (AvgIpc) is 2.41. The monoisotopic (exact) mass is 291 g/mol. The van der Waals surface area contributed by atoms with Crippen molar-refractivity contribution in [3.8, 4) is 0 Å². The Hall–Kier alpha value is -1.43. The Morgan fingerprint density at radius 2 is 2.10 bits per heavy atom. The Balaban J connectivity index is 1.99. The summed E-state index contributed by atoms with van der Waals surface area (Å²) >= 11 is 0. The van der Waals surface area contributed by atoms with Gasteiger partial charge in [0.25, 0.3) is 0 Å². The lowest BCUT2D eigenvalue weighted by atomic mass is 9.93. The van der Waals surface area contributed by atoms with Crippen LogP contribution in [-0.2, 0) is 11.3 Å². The summed E-state index contributed by atoms with van der Waals surface area (Å²) in [7, 11) is 2.02. The lowest BCUT2D eigenvalue weighted by Gasteiger charge is -2.35. The fourth-order valence-electron chi connectivity index (χ4n) is 2.80. The highest BCUT2D eigenvalue weighted by Gasteiger charge is 2.30. The Labute approximate surface area is 126 Å². The van der Waals surface area contributed by atoms with Gasteiger partial charge in [-0.2, -0.15) is 0 Å². The molecule has 1 aliphatic rings. The van der Waals surface area contributed by atoms with Gasteiger partial charge in [-0.25, -0.2) is 0 Å². The summed E-state index contributed by atoms with van der Waals surface area (Å²) in [6.07, 6.45) is 1.39. The number of nitrogens with one attached hydrogen (secondary N) is 1. The molecule has 0 atom stereocenters. The summed E-state index contributed by atoms with van der Waals surface area (Å²) in [4.78, 5) is 2.14.